The zero-order valence-corrected chi connectivity index (χ0v) is 12.5. The van der Waals surface area contributed by atoms with Gasteiger partial charge in [-0.3, -0.25) is 0 Å². The van der Waals surface area contributed by atoms with Crippen LogP contribution in [0.25, 0.3) is 0 Å². The Morgan fingerprint density at radius 2 is 1.90 bits per heavy atom. The molecule has 0 spiro atoms. The second-order valence-electron chi connectivity index (χ2n) is 4.74. The molecule has 21 heavy (non-hydrogen) atoms. The highest BCUT2D eigenvalue weighted by Crippen LogP contribution is 2.35. The van der Waals surface area contributed by atoms with Gasteiger partial charge in [-0.05, 0) is 41.8 Å². The van der Waals surface area contributed by atoms with E-state index in [0.29, 0.717) is 22.2 Å². The van der Waals surface area contributed by atoms with Gasteiger partial charge < -0.3 is 9.47 Å². The van der Waals surface area contributed by atoms with Gasteiger partial charge in [0.2, 0.25) is 6.79 Å². The summed E-state index contributed by atoms with van der Waals surface area (Å²) >= 11 is 12.1. The highest BCUT2D eigenvalue weighted by molar-refractivity contribution is 6.35. The van der Waals surface area contributed by atoms with E-state index in [4.69, 9.17) is 32.7 Å². The molecule has 0 aliphatic carbocycles. The summed E-state index contributed by atoms with van der Waals surface area (Å²) in [7, 11) is 0. The molecule has 3 rings (SSSR count). The number of nitriles is 1. The normalized spacial score (nSPS) is 13.8. The van der Waals surface area contributed by atoms with E-state index in [1.165, 1.54) is 0 Å². The lowest BCUT2D eigenvalue weighted by molar-refractivity contribution is 0.174. The van der Waals surface area contributed by atoms with Crippen molar-refractivity contribution in [2.75, 3.05) is 6.79 Å². The third-order valence-electron chi connectivity index (χ3n) is 3.37. The SMILES string of the molecule is N#CC(Cc1ccc2c(c1)OCO2)c1ccc(Cl)cc1Cl. The standard InChI is InChI=1S/C16H11Cl2NO2/c17-12-2-3-13(14(18)7-12)11(8-19)5-10-1-4-15-16(6-10)21-9-20-15/h1-4,6-7,11H,5,9H2. The molecule has 0 saturated heterocycles. The highest BCUT2D eigenvalue weighted by atomic mass is 35.5. The number of hydrogen-bond donors (Lipinski definition) is 0. The average molecular weight is 320 g/mol. The van der Waals surface area contributed by atoms with E-state index in [-0.39, 0.29) is 12.7 Å². The minimum absolute atomic E-state index is 0.240. The Morgan fingerprint density at radius 3 is 2.67 bits per heavy atom. The van der Waals surface area contributed by atoms with E-state index in [1.807, 2.05) is 18.2 Å². The number of ether oxygens (including phenoxy) is 2. The number of halogens is 2. The predicted molar refractivity (Wildman–Crippen MR) is 81.1 cm³/mol. The lowest BCUT2D eigenvalue weighted by atomic mass is 9.93. The van der Waals surface area contributed by atoms with Crippen molar-refractivity contribution in [3.05, 3.63) is 57.6 Å². The Bertz CT molecular complexity index is 725. The summed E-state index contributed by atoms with van der Waals surface area (Å²) in [5, 5.41) is 10.5. The molecule has 2 aromatic rings. The molecule has 0 fully saturated rings. The summed E-state index contributed by atoms with van der Waals surface area (Å²) in [5.74, 6) is 1.11. The summed E-state index contributed by atoms with van der Waals surface area (Å²) in [4.78, 5) is 0. The van der Waals surface area contributed by atoms with Crippen molar-refractivity contribution in [1.29, 1.82) is 5.26 Å². The van der Waals surface area contributed by atoms with Gasteiger partial charge in [0.15, 0.2) is 11.5 Å². The van der Waals surface area contributed by atoms with Crippen molar-refractivity contribution in [2.24, 2.45) is 0 Å². The largest absolute Gasteiger partial charge is 0.454 e. The van der Waals surface area contributed by atoms with Crippen LogP contribution in [0.2, 0.25) is 10.0 Å². The average Bonchev–Trinajstić information content (AvgIpc) is 2.93. The molecular weight excluding hydrogens is 309 g/mol. The van der Waals surface area contributed by atoms with Crippen molar-refractivity contribution in [2.45, 2.75) is 12.3 Å². The van der Waals surface area contributed by atoms with E-state index in [1.54, 1.807) is 18.2 Å². The van der Waals surface area contributed by atoms with E-state index in [0.717, 1.165) is 16.9 Å². The maximum Gasteiger partial charge on any atom is 0.231 e. The second kappa shape index (κ2) is 5.85. The number of benzene rings is 2. The fourth-order valence-electron chi connectivity index (χ4n) is 2.31. The lowest BCUT2D eigenvalue weighted by Gasteiger charge is -2.12. The molecule has 0 bridgehead atoms. The molecule has 3 nitrogen and oxygen atoms in total. The van der Waals surface area contributed by atoms with Gasteiger partial charge in [-0.25, -0.2) is 0 Å². The summed E-state index contributed by atoms with van der Waals surface area (Å²) in [6.45, 7) is 0.240. The van der Waals surface area contributed by atoms with Crippen LogP contribution in [-0.4, -0.2) is 6.79 Å². The second-order valence-corrected chi connectivity index (χ2v) is 5.58. The highest BCUT2D eigenvalue weighted by Gasteiger charge is 2.18. The van der Waals surface area contributed by atoms with E-state index in [2.05, 4.69) is 6.07 Å². The van der Waals surface area contributed by atoms with Crippen LogP contribution in [0.3, 0.4) is 0 Å². The quantitative estimate of drug-likeness (QED) is 0.832. The van der Waals surface area contributed by atoms with Crippen LogP contribution in [-0.2, 0) is 6.42 Å². The molecule has 1 aliphatic heterocycles. The molecule has 0 amide bonds. The smallest absolute Gasteiger partial charge is 0.231 e. The first-order valence-corrected chi connectivity index (χ1v) is 7.16. The van der Waals surface area contributed by atoms with Crippen LogP contribution < -0.4 is 9.47 Å². The first-order valence-electron chi connectivity index (χ1n) is 6.40. The molecule has 1 unspecified atom stereocenters. The lowest BCUT2D eigenvalue weighted by Crippen LogP contribution is -2.01. The fraction of sp³-hybridized carbons (Fsp3) is 0.188. The summed E-state index contributed by atoms with van der Waals surface area (Å²) in [5.41, 5.74) is 1.78. The molecule has 5 heteroatoms. The molecule has 0 radical (unpaired) electrons. The fourth-order valence-corrected chi connectivity index (χ4v) is 2.85. The summed E-state index contributed by atoms with van der Waals surface area (Å²) < 4.78 is 10.6. The Kier molecular flexibility index (Phi) is 3.92. The van der Waals surface area contributed by atoms with Crippen LogP contribution in [0.1, 0.15) is 17.0 Å². The zero-order valence-electron chi connectivity index (χ0n) is 11.0. The van der Waals surface area contributed by atoms with Gasteiger partial charge in [0, 0.05) is 10.0 Å². The van der Waals surface area contributed by atoms with Crippen molar-refractivity contribution in [3.8, 4) is 17.6 Å². The van der Waals surface area contributed by atoms with Crippen LogP contribution >= 0.6 is 23.2 Å². The molecular formula is C16H11Cl2NO2. The van der Waals surface area contributed by atoms with Gasteiger partial charge in [0.05, 0.1) is 12.0 Å². The monoisotopic (exact) mass is 319 g/mol. The first kappa shape index (κ1) is 14.1. The Morgan fingerprint density at radius 1 is 1.10 bits per heavy atom. The van der Waals surface area contributed by atoms with Gasteiger partial charge in [0.25, 0.3) is 0 Å². The Labute approximate surface area is 132 Å². The van der Waals surface area contributed by atoms with Crippen molar-refractivity contribution < 1.29 is 9.47 Å². The first-order chi connectivity index (χ1) is 10.2. The molecule has 1 heterocycles. The molecule has 106 valence electrons. The van der Waals surface area contributed by atoms with Crippen LogP contribution in [0.4, 0.5) is 0 Å². The van der Waals surface area contributed by atoms with Gasteiger partial charge in [-0.15, -0.1) is 0 Å². The maximum atomic E-state index is 9.43. The minimum Gasteiger partial charge on any atom is -0.454 e. The third-order valence-corrected chi connectivity index (χ3v) is 3.93. The topological polar surface area (TPSA) is 42.2 Å². The summed E-state index contributed by atoms with van der Waals surface area (Å²) in [6.07, 6.45) is 0.550. The van der Waals surface area contributed by atoms with E-state index in [9.17, 15) is 5.26 Å². The molecule has 1 aliphatic rings. The van der Waals surface area contributed by atoms with Crippen LogP contribution in [0.15, 0.2) is 36.4 Å². The molecule has 2 aromatic carbocycles. The molecule has 1 atom stereocenters. The Balaban J connectivity index is 1.86. The summed E-state index contributed by atoms with van der Waals surface area (Å²) in [6, 6.07) is 13.2. The van der Waals surface area contributed by atoms with Crippen molar-refractivity contribution in [1.82, 2.24) is 0 Å². The van der Waals surface area contributed by atoms with Gasteiger partial charge in [0.1, 0.15) is 0 Å². The van der Waals surface area contributed by atoms with E-state index >= 15 is 0 Å². The number of nitrogens with zero attached hydrogens (tertiary/aromatic N) is 1. The molecule has 0 N–H and O–H groups in total. The van der Waals surface area contributed by atoms with Gasteiger partial charge in [-0.2, -0.15) is 5.26 Å². The third kappa shape index (κ3) is 2.92. The maximum absolute atomic E-state index is 9.43. The molecule has 0 saturated carbocycles. The predicted octanol–water partition coefficient (Wildman–Crippen LogP) is 4.57. The molecule has 0 aromatic heterocycles. The Hall–Kier alpha value is -1.89. The van der Waals surface area contributed by atoms with Crippen LogP contribution in [0, 0.1) is 11.3 Å². The minimum atomic E-state index is -0.338. The van der Waals surface area contributed by atoms with Gasteiger partial charge in [-0.1, -0.05) is 35.3 Å². The van der Waals surface area contributed by atoms with Crippen molar-refractivity contribution in [3.63, 3.8) is 0 Å². The number of fused-ring (bicyclic) bond motifs is 1. The van der Waals surface area contributed by atoms with Crippen molar-refractivity contribution >= 4 is 23.2 Å². The van der Waals surface area contributed by atoms with E-state index < -0.39 is 0 Å². The van der Waals surface area contributed by atoms with Crippen LogP contribution in [0.5, 0.6) is 11.5 Å². The number of rotatable bonds is 3. The zero-order chi connectivity index (χ0) is 14.8. The number of hydrogen-bond acceptors (Lipinski definition) is 3. The van der Waals surface area contributed by atoms with Gasteiger partial charge >= 0.3 is 0 Å².